The van der Waals surface area contributed by atoms with Crippen LogP contribution in [-0.4, -0.2) is 315 Å². The van der Waals surface area contributed by atoms with Gasteiger partial charge in [-0.15, -0.1) is 0 Å². The van der Waals surface area contributed by atoms with E-state index in [0.717, 1.165) is 6.08 Å². The first-order chi connectivity index (χ1) is 48.0. The molecule has 63 nitrogen and oxygen atoms in total. The van der Waals surface area contributed by atoms with Crippen molar-refractivity contribution in [1.29, 1.82) is 0 Å². The van der Waals surface area contributed by atoms with Gasteiger partial charge in [0, 0.05) is 45.3 Å². The number of aliphatic hydroxyl groups is 3. The van der Waals surface area contributed by atoms with Gasteiger partial charge in [-0.3, -0.25) is 73.0 Å². The molecule has 0 aliphatic carbocycles. The smallest absolute Gasteiger partial charge is 1.00 e. The summed E-state index contributed by atoms with van der Waals surface area (Å²) in [4.78, 5) is 283. The number of rotatable bonds is 36. The van der Waals surface area contributed by atoms with Gasteiger partial charge in [-0.1, -0.05) is 6.08 Å². The summed E-state index contributed by atoms with van der Waals surface area (Å²) in [7, 11) is -72.8. The zero-order valence-electron chi connectivity index (χ0n) is 67.3. The molecule has 0 unspecified atom stereocenters. The topological polar surface area (TPSA) is 1230 Å². The Morgan fingerprint density at radius 2 is 0.466 bits per heavy atom. The molecule has 0 amide bonds. The van der Waals surface area contributed by atoms with Gasteiger partial charge in [0.15, 0.2) is 0 Å². The summed E-state index contributed by atoms with van der Waals surface area (Å²) < 4.78 is 172. The molecule has 0 atom stereocenters. The molecule has 0 saturated carbocycles. The Bertz CT molecular complexity index is 3490. The van der Waals surface area contributed by atoms with Crippen LogP contribution in [0.3, 0.4) is 0 Å². The maximum absolute atomic E-state index is 11.0. The van der Waals surface area contributed by atoms with Crippen molar-refractivity contribution in [2.75, 3.05) is 88.1 Å². The van der Waals surface area contributed by atoms with Crippen molar-refractivity contribution in [3.05, 3.63) is 12.2 Å². The van der Waals surface area contributed by atoms with Gasteiger partial charge in [0.2, 0.25) is 25.1 Å². The average molecular weight is 2080 g/mol. The largest absolute Gasteiger partial charge is 1.00 e. The van der Waals surface area contributed by atoms with E-state index in [-0.39, 0.29) is 182 Å². The van der Waals surface area contributed by atoms with Crippen LogP contribution in [0.15, 0.2) is 12.2 Å². The van der Waals surface area contributed by atoms with Gasteiger partial charge in [-0.2, -0.15) is 0 Å². The Kier molecular flexibility index (Phi) is 70.1. The first kappa shape index (κ1) is 147. The molecule has 53 N–H and O–H groups in total. The molecule has 0 rings (SSSR count). The van der Waals surface area contributed by atoms with Crippen molar-refractivity contribution in [2.24, 2.45) is 51.6 Å². The standard InChI is InChI=1S/C6H18N2O6P2.C5H16N2O6P2.C5H15NO7P2.C4H14N2O6P2.C4H13NO7P2.C4H11NO7P2.C3H12N2O6P2.C2H9NO6P2.4Na.4H/c1-8(2)5-3-4-6(7,15(9,10)11)16(12,13)14;1-7(2)4-3-5(6,14(8,9)10)15(11,12)13;1-6(2)4-3-5(7,14(8,9)10)15(11,12)13;3*5-3-1-2-4(6,13(7,8)9)14(10,11)12;4-2-1-3(5,12(6,7)8)13(9,10)11;1-2(3,10(4,5)6)11(7,8)9;;;;;;;;/h3-5,7H2,1-2H3,(H2,9,10,11)(H2,12,13,14);3-4,6H2,1-2H3,(H2,8,9,10)(H2,11,12,13);7H,3-4H2,1-2H3,(H2,8,9,10)(H2,11,12,13);1-3,5-6H2,(H2,7,8,9)(H2,10,11,12);6H,1-3,5H2,(H2,7,8,9)(H2,10,11,12);1-2,6H,3,5H2,(H2,7,8,9)(H2,10,11,12);1-2,4-5H2,(H2,6,7,8)(H2,9,10,11);3H2,1H3,(H2,4,5,6)(H2,7,8,9);;;;;;;;/q;;;;;;;;4*+1;4*-1. The van der Waals surface area contributed by atoms with E-state index in [1.54, 1.807) is 47.2 Å². The molecule has 0 aromatic carbocycles. The summed E-state index contributed by atoms with van der Waals surface area (Å²) >= 11 is 0. The molecule has 83 heteroatoms. The Morgan fingerprint density at radius 1 is 0.267 bits per heavy atom. The normalized spacial score (nSPS) is 14.2. The maximum Gasteiger partial charge on any atom is 1.00 e. The molecular formula is C33H112N12Na4O51P16. The monoisotopic (exact) mass is 2080 g/mol. The summed E-state index contributed by atoms with van der Waals surface area (Å²) in [6.07, 6.45) is -2.33. The molecule has 694 valence electrons. The molecule has 0 aliphatic rings. The summed E-state index contributed by atoms with van der Waals surface area (Å²) in [5.74, 6) is 0. The Morgan fingerprint density at radius 3 is 0.629 bits per heavy atom. The van der Waals surface area contributed by atoms with Crippen LogP contribution in [0.4, 0.5) is 0 Å². The van der Waals surface area contributed by atoms with Gasteiger partial charge in [0.05, 0.1) is 0 Å². The number of hydrogen-bond donors (Lipinski definition) is 44. The second-order valence-corrected chi connectivity index (χ2v) is 56.3. The van der Waals surface area contributed by atoms with E-state index in [1.165, 1.54) is 9.80 Å². The van der Waals surface area contributed by atoms with Crippen LogP contribution in [0, 0.1) is 0 Å². The molecule has 0 aliphatic heterocycles. The van der Waals surface area contributed by atoms with Crippen molar-refractivity contribution in [1.82, 2.24) is 14.7 Å². The van der Waals surface area contributed by atoms with Gasteiger partial charge in [0.25, 0.3) is 15.2 Å². The summed E-state index contributed by atoms with van der Waals surface area (Å²) in [5, 5.41) is 3.58. The van der Waals surface area contributed by atoms with Gasteiger partial charge < -0.3 is 244 Å². The van der Waals surface area contributed by atoms with E-state index in [1.807, 2.05) is 0 Å². The first-order valence-electron chi connectivity index (χ1n) is 28.4. The molecule has 0 radical (unpaired) electrons. The van der Waals surface area contributed by atoms with Crippen LogP contribution < -0.4 is 170 Å². The Balaban J connectivity index is -0.0000000730. The fraction of sp³-hybridized carbons (Fsp3) is 0.939. The molecule has 0 fully saturated rings. The van der Waals surface area contributed by atoms with Crippen LogP contribution in [0.5, 0.6) is 0 Å². The van der Waals surface area contributed by atoms with Crippen LogP contribution in [0.25, 0.3) is 0 Å². The molecule has 116 heavy (non-hydrogen) atoms. The number of nitrogens with two attached hydrogens (primary N) is 9. The van der Waals surface area contributed by atoms with Crippen LogP contribution in [0.1, 0.15) is 70.4 Å². The average Bonchev–Trinajstić information content (AvgIpc) is 0.723. The maximum atomic E-state index is 11.0. The molecule has 0 heterocycles. The molecule has 0 aromatic rings. The van der Waals surface area contributed by atoms with E-state index in [4.69, 9.17) is 213 Å². The zero-order valence-corrected chi connectivity index (χ0v) is 85.7. The summed E-state index contributed by atoms with van der Waals surface area (Å²) in [6.45, 7) is 0.489. The van der Waals surface area contributed by atoms with Gasteiger partial charge >= 0.3 is 240 Å². The van der Waals surface area contributed by atoms with Crippen LogP contribution in [-0.2, 0) is 73.0 Å². The summed E-state index contributed by atoms with van der Waals surface area (Å²) in [6, 6.07) is 0. The molecule has 0 spiro atoms. The fourth-order valence-corrected chi connectivity index (χ4v) is 22.4. The molecular weight excluding hydrogens is 1970 g/mol. The molecule has 0 saturated heterocycles. The van der Waals surface area contributed by atoms with E-state index in [2.05, 4.69) is 0 Å². The van der Waals surface area contributed by atoms with Gasteiger partial charge in [-0.25, -0.2) is 0 Å². The quantitative estimate of drug-likeness (QED) is 0.0157. The number of hydrogen-bond acceptors (Lipinski definition) is 31. The van der Waals surface area contributed by atoms with Gasteiger partial charge in [0.1, 0.15) is 0 Å². The van der Waals surface area contributed by atoms with Crippen LogP contribution in [0.2, 0.25) is 0 Å². The second-order valence-electron chi connectivity index (χ2n) is 23.5. The SMILES string of the molecule is CC(N)(P(=O)(O)O)P(=O)(O)O.CN(C)CCC(N)(P(=O)(O)O)P(=O)(O)O.CN(C)CCC(O)(P(=O)(O)O)P(=O)(O)O.CN(C)CCCC(N)(P(=O)(O)O)P(=O)(O)O.NCC=CC(O)(P(=O)(O)O)P(=O)(O)O.NCCC(N)(P(=O)(O)O)P(=O)(O)O.NCCCC(N)(P(=O)(O)O)P(=O)(O)O.NCCCC(O)(P(=O)(O)O)P(=O)(O)O.[H-].[H-].[H-].[H-].[Na+].[Na+].[Na+].[Na+]. The van der Waals surface area contributed by atoms with Crippen molar-refractivity contribution >= 4 is 122 Å². The van der Waals surface area contributed by atoms with Crippen molar-refractivity contribution < 1.29 is 369 Å². The Hall–Kier alpha value is 5.54. The Labute approximate surface area is 755 Å². The van der Waals surface area contributed by atoms with E-state index in [9.17, 15) is 83.3 Å². The van der Waals surface area contributed by atoms with E-state index >= 15 is 0 Å². The first-order valence-corrected chi connectivity index (χ1v) is 54.2. The predicted octanol–water partition coefficient (Wildman–Crippen LogP) is -21.2. The summed E-state index contributed by atoms with van der Waals surface area (Å²) in [5.41, 5.74) is 45.0. The van der Waals surface area contributed by atoms with E-state index < -0.39 is 200 Å². The minimum absolute atomic E-state index is 0. The third kappa shape index (κ3) is 47.8. The fourth-order valence-electron chi connectivity index (χ4n) is 5.86. The molecule has 0 aromatic heterocycles. The zero-order chi connectivity index (χ0) is 93.5. The van der Waals surface area contributed by atoms with Crippen molar-refractivity contribution in [3.63, 3.8) is 0 Å². The van der Waals surface area contributed by atoms with Gasteiger partial charge in [-0.05, 0) is 114 Å². The van der Waals surface area contributed by atoms with Crippen molar-refractivity contribution in [3.8, 4) is 0 Å². The van der Waals surface area contributed by atoms with E-state index in [0.29, 0.717) is 19.5 Å². The minimum atomic E-state index is -5.39. The number of nitrogens with zero attached hydrogens (tertiary/aromatic N) is 3. The van der Waals surface area contributed by atoms with Crippen molar-refractivity contribution in [2.45, 2.75) is 105 Å². The third-order valence-corrected chi connectivity index (χ3v) is 44.7. The van der Waals surface area contributed by atoms with Crippen LogP contribution >= 0.6 is 122 Å². The molecule has 0 bridgehead atoms. The minimum Gasteiger partial charge on any atom is -1.00 e. The predicted molar refractivity (Wildman–Crippen MR) is 395 cm³/mol. The second kappa shape index (κ2) is 55.3. The third-order valence-electron chi connectivity index (χ3n) is 13.4.